The lowest BCUT2D eigenvalue weighted by Gasteiger charge is -2.36. The van der Waals surface area contributed by atoms with Crippen molar-refractivity contribution in [1.29, 1.82) is 0 Å². The molecular formula is C16H15ClF5N5O. The van der Waals surface area contributed by atoms with Gasteiger partial charge in [-0.25, -0.2) is 18.4 Å². The first-order valence-corrected chi connectivity index (χ1v) is 8.61. The molecule has 0 aliphatic carbocycles. The minimum atomic E-state index is -4.52. The lowest BCUT2D eigenvalue weighted by molar-refractivity contribution is -0.137. The Balaban J connectivity index is 1.68. The largest absolute Gasteiger partial charge is 0.417 e. The first-order chi connectivity index (χ1) is 13.1. The number of anilines is 2. The molecule has 0 amide bonds. The van der Waals surface area contributed by atoms with Crippen LogP contribution in [0.3, 0.4) is 0 Å². The van der Waals surface area contributed by atoms with Gasteiger partial charge < -0.3 is 9.80 Å². The molecule has 0 spiro atoms. The molecular weight excluding hydrogens is 409 g/mol. The number of halogens is 6. The number of alkyl halides is 5. The molecule has 1 fully saturated rings. The number of rotatable bonds is 4. The summed E-state index contributed by atoms with van der Waals surface area (Å²) in [6, 6.07) is 2.07. The molecule has 2 aromatic heterocycles. The van der Waals surface area contributed by atoms with Crippen LogP contribution < -0.4 is 15.4 Å². The highest BCUT2D eigenvalue weighted by Crippen LogP contribution is 2.33. The van der Waals surface area contributed by atoms with Crippen LogP contribution in [0.1, 0.15) is 5.56 Å². The fraction of sp³-hybridized carbons (Fsp3) is 0.438. The molecule has 3 rings (SSSR count). The number of piperazine rings is 1. The first kappa shape index (κ1) is 20.3. The van der Waals surface area contributed by atoms with Crippen molar-refractivity contribution in [2.45, 2.75) is 19.1 Å². The van der Waals surface area contributed by atoms with Crippen LogP contribution in [-0.2, 0) is 12.7 Å². The lowest BCUT2D eigenvalue weighted by atomic mass is 10.2. The molecule has 1 aliphatic rings. The van der Waals surface area contributed by atoms with E-state index in [1.807, 2.05) is 4.90 Å². The average Bonchev–Trinajstić information content (AvgIpc) is 2.62. The van der Waals surface area contributed by atoms with E-state index >= 15 is 0 Å². The SMILES string of the molecule is O=c1cc(N2CCN(c3ncc(C(F)(F)F)cc3Cl)CC2)cnn1CC(F)F. The van der Waals surface area contributed by atoms with Crippen molar-refractivity contribution in [2.24, 2.45) is 0 Å². The van der Waals surface area contributed by atoms with Crippen molar-refractivity contribution in [2.75, 3.05) is 36.0 Å². The summed E-state index contributed by atoms with van der Waals surface area (Å²) in [4.78, 5) is 19.3. The minimum Gasteiger partial charge on any atom is -0.367 e. The monoisotopic (exact) mass is 423 g/mol. The number of hydrogen-bond donors (Lipinski definition) is 0. The molecule has 0 N–H and O–H groups in total. The second-order valence-electron chi connectivity index (χ2n) is 6.13. The zero-order chi connectivity index (χ0) is 20.5. The fourth-order valence-electron chi connectivity index (χ4n) is 2.86. The Labute approximate surface area is 161 Å². The lowest BCUT2D eigenvalue weighted by Crippen LogP contribution is -2.47. The second-order valence-corrected chi connectivity index (χ2v) is 6.53. The van der Waals surface area contributed by atoms with E-state index < -0.39 is 30.3 Å². The van der Waals surface area contributed by atoms with Crippen molar-refractivity contribution in [3.05, 3.63) is 45.5 Å². The van der Waals surface area contributed by atoms with E-state index in [2.05, 4.69) is 10.1 Å². The molecule has 2 aromatic rings. The number of nitrogens with zero attached hydrogens (tertiary/aromatic N) is 5. The van der Waals surface area contributed by atoms with Gasteiger partial charge in [0.2, 0.25) is 0 Å². The minimum absolute atomic E-state index is 0.0976. The quantitative estimate of drug-likeness (QED) is 0.708. The maximum atomic E-state index is 12.7. The molecule has 28 heavy (non-hydrogen) atoms. The molecule has 1 aliphatic heterocycles. The Morgan fingerprint density at radius 1 is 1.07 bits per heavy atom. The maximum Gasteiger partial charge on any atom is 0.417 e. The summed E-state index contributed by atoms with van der Waals surface area (Å²) in [5.74, 6) is 0.250. The summed E-state index contributed by atoms with van der Waals surface area (Å²) in [6.45, 7) is 0.888. The highest BCUT2D eigenvalue weighted by atomic mass is 35.5. The van der Waals surface area contributed by atoms with Crippen LogP contribution in [0.15, 0.2) is 29.3 Å². The third-order valence-electron chi connectivity index (χ3n) is 4.26. The Bertz CT molecular complexity index is 896. The highest BCUT2D eigenvalue weighted by molar-refractivity contribution is 6.33. The Morgan fingerprint density at radius 2 is 1.71 bits per heavy atom. The van der Waals surface area contributed by atoms with Gasteiger partial charge in [-0.05, 0) is 6.07 Å². The Hall–Kier alpha value is -2.43. The molecule has 3 heterocycles. The van der Waals surface area contributed by atoms with Gasteiger partial charge in [-0.15, -0.1) is 0 Å². The number of hydrogen-bond acceptors (Lipinski definition) is 5. The molecule has 0 aromatic carbocycles. The van der Waals surface area contributed by atoms with Gasteiger partial charge in [0.05, 0.1) is 22.5 Å². The molecule has 6 nitrogen and oxygen atoms in total. The summed E-state index contributed by atoms with van der Waals surface area (Å²) >= 11 is 5.97. The normalized spacial score (nSPS) is 15.4. The first-order valence-electron chi connectivity index (χ1n) is 8.23. The third kappa shape index (κ3) is 4.51. The van der Waals surface area contributed by atoms with Crippen molar-refractivity contribution < 1.29 is 22.0 Å². The fourth-order valence-corrected chi connectivity index (χ4v) is 3.15. The van der Waals surface area contributed by atoms with Crippen LogP contribution >= 0.6 is 11.6 Å². The molecule has 0 atom stereocenters. The van der Waals surface area contributed by atoms with Gasteiger partial charge in [0.1, 0.15) is 12.4 Å². The standard InChI is InChI=1S/C16H15ClF5N5O/c17-12-5-10(16(20,21)22)7-23-15(12)26-3-1-25(2-4-26)11-6-14(28)27(24-8-11)9-13(18)19/h5-8,13H,1-4,9H2. The van der Waals surface area contributed by atoms with E-state index in [0.29, 0.717) is 36.5 Å². The summed E-state index contributed by atoms with van der Waals surface area (Å²) in [6.07, 6.45) is -5.13. The van der Waals surface area contributed by atoms with E-state index in [9.17, 15) is 26.7 Å². The van der Waals surface area contributed by atoms with Gasteiger partial charge in [-0.1, -0.05) is 11.6 Å². The van der Waals surface area contributed by atoms with Gasteiger partial charge in [0.15, 0.2) is 0 Å². The number of pyridine rings is 1. The van der Waals surface area contributed by atoms with Gasteiger partial charge in [0.25, 0.3) is 12.0 Å². The molecule has 1 saturated heterocycles. The van der Waals surface area contributed by atoms with Gasteiger partial charge >= 0.3 is 6.18 Å². The second kappa shape index (κ2) is 7.90. The van der Waals surface area contributed by atoms with E-state index in [-0.39, 0.29) is 10.8 Å². The maximum absolute atomic E-state index is 12.7. The molecule has 12 heteroatoms. The van der Waals surface area contributed by atoms with E-state index in [1.54, 1.807) is 4.90 Å². The molecule has 152 valence electrons. The molecule has 0 radical (unpaired) electrons. The van der Waals surface area contributed by atoms with Crippen molar-refractivity contribution in [3.63, 3.8) is 0 Å². The molecule has 0 unspecified atom stereocenters. The van der Waals surface area contributed by atoms with Crippen LogP contribution in [0.5, 0.6) is 0 Å². The summed E-state index contributed by atoms with van der Waals surface area (Å²) < 4.78 is 63.6. The molecule has 0 bridgehead atoms. The Kier molecular flexibility index (Phi) is 5.73. The summed E-state index contributed by atoms with van der Waals surface area (Å²) in [5, 5.41) is 3.65. The zero-order valence-corrected chi connectivity index (χ0v) is 15.1. The van der Waals surface area contributed by atoms with Crippen molar-refractivity contribution in [1.82, 2.24) is 14.8 Å². The summed E-state index contributed by atoms with van der Waals surface area (Å²) in [7, 11) is 0. The topological polar surface area (TPSA) is 54.3 Å². The van der Waals surface area contributed by atoms with Crippen LogP contribution in [0.25, 0.3) is 0 Å². The zero-order valence-electron chi connectivity index (χ0n) is 14.3. The van der Waals surface area contributed by atoms with Crippen LogP contribution in [0.4, 0.5) is 33.5 Å². The van der Waals surface area contributed by atoms with E-state index in [1.165, 1.54) is 12.3 Å². The van der Waals surface area contributed by atoms with E-state index in [4.69, 9.17) is 11.6 Å². The van der Waals surface area contributed by atoms with Crippen molar-refractivity contribution >= 4 is 23.1 Å². The van der Waals surface area contributed by atoms with Crippen LogP contribution in [0, 0.1) is 0 Å². The van der Waals surface area contributed by atoms with Gasteiger partial charge in [-0.3, -0.25) is 4.79 Å². The van der Waals surface area contributed by atoms with Crippen molar-refractivity contribution in [3.8, 4) is 0 Å². The predicted molar refractivity (Wildman–Crippen MR) is 93.2 cm³/mol. The molecule has 0 saturated carbocycles. The van der Waals surface area contributed by atoms with E-state index in [0.717, 1.165) is 12.3 Å². The van der Waals surface area contributed by atoms with Crippen LogP contribution in [-0.4, -0.2) is 47.4 Å². The highest BCUT2D eigenvalue weighted by Gasteiger charge is 2.32. The summed E-state index contributed by atoms with van der Waals surface area (Å²) in [5.41, 5.74) is -1.07. The third-order valence-corrected chi connectivity index (χ3v) is 4.54. The average molecular weight is 424 g/mol. The number of aromatic nitrogens is 3. The van der Waals surface area contributed by atoms with Crippen LogP contribution in [0.2, 0.25) is 5.02 Å². The Morgan fingerprint density at radius 3 is 2.25 bits per heavy atom. The van der Waals surface area contributed by atoms with Gasteiger partial charge in [0, 0.05) is 38.4 Å². The van der Waals surface area contributed by atoms with Gasteiger partial charge in [-0.2, -0.15) is 18.3 Å². The smallest absolute Gasteiger partial charge is 0.367 e. The predicted octanol–water partition coefficient (Wildman–Crippen LogP) is 2.90.